The molecule has 17 heavy (non-hydrogen) atoms. The van der Waals surface area contributed by atoms with Crippen molar-refractivity contribution >= 4 is 26.6 Å². The van der Waals surface area contributed by atoms with Crippen LogP contribution in [0.25, 0.3) is 10.8 Å². The first-order chi connectivity index (χ1) is 7.94. The van der Waals surface area contributed by atoms with Gasteiger partial charge in [-0.15, -0.1) is 0 Å². The number of nitrogens with two attached hydrogens (primary N) is 1. The topological polar surface area (TPSA) is 89.6 Å². The van der Waals surface area contributed by atoms with Crippen LogP contribution < -0.4 is 5.73 Å². The number of hydrogen-bond donors (Lipinski definition) is 2. The molecule has 0 bridgehead atoms. The normalized spacial score (nSPS) is 11.8. The molecule has 5 nitrogen and oxygen atoms in total. The van der Waals surface area contributed by atoms with Crippen LogP contribution in [0.4, 0.5) is 5.69 Å². The zero-order valence-corrected chi connectivity index (χ0v) is 9.86. The Labute approximate surface area is 98.6 Å². The first kappa shape index (κ1) is 11.7. The smallest absolute Gasteiger partial charge is 0.296 e. The fraction of sp³-hybridized carbons (Fsp3) is 0.0909. The molecule has 3 N–H and O–H groups in total. The molecule has 0 radical (unpaired) electrons. The highest BCUT2D eigenvalue weighted by molar-refractivity contribution is 7.86. The first-order valence-corrected chi connectivity index (χ1v) is 6.18. The molecular formula is C11H11NO4S. The average molecular weight is 253 g/mol. The Morgan fingerprint density at radius 3 is 2.59 bits per heavy atom. The number of phenols is 1. The minimum Gasteiger partial charge on any atom is -0.507 e. The van der Waals surface area contributed by atoms with Gasteiger partial charge in [-0.3, -0.25) is 4.18 Å². The number of rotatable bonds is 2. The van der Waals surface area contributed by atoms with Crippen LogP contribution in [0.5, 0.6) is 5.75 Å². The third kappa shape index (κ3) is 2.04. The summed E-state index contributed by atoms with van der Waals surface area (Å²) >= 11 is 0. The van der Waals surface area contributed by atoms with E-state index in [0.29, 0.717) is 16.5 Å². The van der Waals surface area contributed by atoms with Gasteiger partial charge < -0.3 is 10.8 Å². The number of benzene rings is 2. The fourth-order valence-electron chi connectivity index (χ4n) is 1.57. The summed E-state index contributed by atoms with van der Waals surface area (Å²) in [4.78, 5) is -0.0882. The summed E-state index contributed by atoms with van der Waals surface area (Å²) in [7, 11) is -2.74. The van der Waals surface area contributed by atoms with Crippen molar-refractivity contribution < 1.29 is 17.7 Å². The highest BCUT2D eigenvalue weighted by Crippen LogP contribution is 2.30. The predicted molar refractivity (Wildman–Crippen MR) is 64.2 cm³/mol. The van der Waals surface area contributed by atoms with E-state index in [-0.39, 0.29) is 10.6 Å². The maximum absolute atomic E-state index is 11.5. The Hall–Kier alpha value is -1.79. The van der Waals surface area contributed by atoms with Crippen molar-refractivity contribution in [1.29, 1.82) is 0 Å². The predicted octanol–water partition coefficient (Wildman–Crippen LogP) is 1.46. The number of hydrogen-bond acceptors (Lipinski definition) is 5. The zero-order valence-electron chi connectivity index (χ0n) is 9.04. The summed E-state index contributed by atoms with van der Waals surface area (Å²) in [6.07, 6.45) is 0. The minimum absolute atomic E-state index is 0.0882. The maximum Gasteiger partial charge on any atom is 0.296 e. The van der Waals surface area contributed by atoms with Crippen molar-refractivity contribution in [1.82, 2.24) is 0 Å². The maximum atomic E-state index is 11.5. The summed E-state index contributed by atoms with van der Waals surface area (Å²) in [6, 6.07) is 7.41. The van der Waals surface area contributed by atoms with E-state index in [1.54, 1.807) is 18.2 Å². The van der Waals surface area contributed by atoms with Gasteiger partial charge in [-0.1, -0.05) is 6.07 Å². The second-order valence-electron chi connectivity index (χ2n) is 3.54. The number of anilines is 1. The van der Waals surface area contributed by atoms with Crippen LogP contribution >= 0.6 is 0 Å². The summed E-state index contributed by atoms with van der Waals surface area (Å²) in [6.45, 7) is 0. The van der Waals surface area contributed by atoms with Gasteiger partial charge in [-0.05, 0) is 23.6 Å². The lowest BCUT2D eigenvalue weighted by Crippen LogP contribution is -2.02. The zero-order chi connectivity index (χ0) is 12.6. The van der Waals surface area contributed by atoms with Gasteiger partial charge in [-0.2, -0.15) is 8.42 Å². The third-order valence-electron chi connectivity index (χ3n) is 2.44. The van der Waals surface area contributed by atoms with Gasteiger partial charge in [0.1, 0.15) is 5.75 Å². The van der Waals surface area contributed by atoms with E-state index in [1.807, 2.05) is 0 Å². The van der Waals surface area contributed by atoms with Crippen molar-refractivity contribution in [3.8, 4) is 5.75 Å². The summed E-state index contributed by atoms with van der Waals surface area (Å²) in [5.41, 5.74) is 6.08. The largest absolute Gasteiger partial charge is 0.507 e. The Morgan fingerprint density at radius 2 is 1.94 bits per heavy atom. The van der Waals surface area contributed by atoms with Gasteiger partial charge in [-0.25, -0.2) is 0 Å². The third-order valence-corrected chi connectivity index (χ3v) is 3.69. The molecule has 2 rings (SSSR count). The SMILES string of the molecule is COS(=O)(=O)c1cc(O)c2cc(N)ccc2c1. The van der Waals surface area contributed by atoms with E-state index in [4.69, 9.17) is 5.73 Å². The minimum atomic E-state index is -3.81. The van der Waals surface area contributed by atoms with E-state index in [2.05, 4.69) is 4.18 Å². The molecule has 0 aliphatic heterocycles. The Morgan fingerprint density at radius 1 is 1.24 bits per heavy atom. The molecule has 0 saturated carbocycles. The van der Waals surface area contributed by atoms with Crippen LogP contribution in [0, 0.1) is 0 Å². The Kier molecular flexibility index (Phi) is 2.68. The van der Waals surface area contributed by atoms with Crippen LogP contribution in [0.3, 0.4) is 0 Å². The van der Waals surface area contributed by atoms with Crippen LogP contribution in [0.2, 0.25) is 0 Å². The second-order valence-corrected chi connectivity index (χ2v) is 5.26. The molecule has 0 aliphatic rings. The quantitative estimate of drug-likeness (QED) is 0.624. The summed E-state index contributed by atoms with van der Waals surface area (Å²) in [5.74, 6) is -0.148. The Bertz CT molecular complexity index is 679. The Balaban J connectivity index is 2.77. The van der Waals surface area contributed by atoms with Gasteiger partial charge in [0.25, 0.3) is 10.1 Å². The molecule has 0 saturated heterocycles. The monoisotopic (exact) mass is 253 g/mol. The van der Waals surface area contributed by atoms with Gasteiger partial charge >= 0.3 is 0 Å². The lowest BCUT2D eigenvalue weighted by atomic mass is 10.1. The molecule has 0 unspecified atom stereocenters. The fourth-order valence-corrected chi connectivity index (χ4v) is 2.29. The van der Waals surface area contributed by atoms with E-state index >= 15 is 0 Å². The van der Waals surface area contributed by atoms with Gasteiger partial charge in [0.2, 0.25) is 0 Å². The molecule has 6 heteroatoms. The molecule has 0 atom stereocenters. The van der Waals surface area contributed by atoms with Crippen LogP contribution in [0.15, 0.2) is 35.2 Å². The van der Waals surface area contributed by atoms with Crippen molar-refractivity contribution in [2.45, 2.75) is 4.90 Å². The molecule has 0 spiro atoms. The molecule has 0 fully saturated rings. The van der Waals surface area contributed by atoms with Gasteiger partial charge in [0.05, 0.1) is 12.0 Å². The summed E-state index contributed by atoms with van der Waals surface area (Å²) in [5, 5.41) is 10.8. The van der Waals surface area contributed by atoms with E-state index in [9.17, 15) is 13.5 Å². The molecule has 0 aliphatic carbocycles. The van der Waals surface area contributed by atoms with Gasteiger partial charge in [0.15, 0.2) is 0 Å². The van der Waals surface area contributed by atoms with Crippen molar-refractivity contribution in [3.05, 3.63) is 30.3 Å². The molecule has 0 heterocycles. The van der Waals surface area contributed by atoms with E-state index in [1.165, 1.54) is 6.07 Å². The molecule has 2 aromatic rings. The van der Waals surface area contributed by atoms with Crippen molar-refractivity contribution in [2.75, 3.05) is 12.8 Å². The molecular weight excluding hydrogens is 242 g/mol. The van der Waals surface area contributed by atoms with E-state index in [0.717, 1.165) is 13.2 Å². The molecule has 0 amide bonds. The highest BCUT2D eigenvalue weighted by atomic mass is 32.2. The van der Waals surface area contributed by atoms with Crippen LogP contribution in [-0.2, 0) is 14.3 Å². The molecule has 2 aromatic carbocycles. The van der Waals surface area contributed by atoms with Crippen molar-refractivity contribution in [3.63, 3.8) is 0 Å². The van der Waals surface area contributed by atoms with Crippen LogP contribution in [0.1, 0.15) is 0 Å². The first-order valence-electron chi connectivity index (χ1n) is 4.77. The molecule has 90 valence electrons. The highest BCUT2D eigenvalue weighted by Gasteiger charge is 2.15. The average Bonchev–Trinajstić information content (AvgIpc) is 2.29. The van der Waals surface area contributed by atoms with E-state index < -0.39 is 10.1 Å². The van der Waals surface area contributed by atoms with Gasteiger partial charge in [0, 0.05) is 17.1 Å². The van der Waals surface area contributed by atoms with Crippen molar-refractivity contribution in [2.24, 2.45) is 0 Å². The summed E-state index contributed by atoms with van der Waals surface area (Å²) < 4.78 is 27.4. The lowest BCUT2D eigenvalue weighted by Gasteiger charge is -2.06. The molecule has 0 aromatic heterocycles. The number of phenolic OH excluding ortho intramolecular Hbond substituents is 1. The number of aromatic hydroxyl groups is 1. The van der Waals surface area contributed by atoms with Crippen LogP contribution in [-0.4, -0.2) is 20.6 Å². The number of fused-ring (bicyclic) bond motifs is 1. The second kappa shape index (κ2) is 3.90. The standard InChI is InChI=1S/C11H11NO4S/c1-16-17(14,15)9-4-7-2-3-8(12)5-10(7)11(13)6-9/h2-6,13H,12H2,1H3. The lowest BCUT2D eigenvalue weighted by molar-refractivity contribution is 0.397. The number of nitrogen functional groups attached to an aromatic ring is 1.